The van der Waals surface area contributed by atoms with Crippen molar-refractivity contribution >= 4 is 11.8 Å². The smallest absolute Gasteiger partial charge is 0.0585 e. The number of aromatic nitrogens is 1. The molecule has 1 heterocycles. The average molecular weight is 226 g/mol. The fraction of sp³-hybridized carbons (Fsp3) is 0.545. The van der Waals surface area contributed by atoms with E-state index in [4.69, 9.17) is 5.11 Å². The number of rotatable bonds is 7. The predicted octanol–water partition coefficient (Wildman–Crippen LogP) is 1.29. The van der Waals surface area contributed by atoms with E-state index in [1.165, 1.54) is 5.56 Å². The van der Waals surface area contributed by atoms with E-state index in [9.17, 15) is 0 Å². The van der Waals surface area contributed by atoms with Crippen molar-refractivity contribution in [3.63, 3.8) is 0 Å². The Labute approximate surface area is 95.3 Å². The summed E-state index contributed by atoms with van der Waals surface area (Å²) in [6.07, 6.45) is 6.65. The third-order valence-corrected chi connectivity index (χ3v) is 2.88. The molecule has 0 bridgehead atoms. The first-order chi connectivity index (χ1) is 7.36. The molecule has 1 aromatic rings. The highest BCUT2D eigenvalue weighted by molar-refractivity contribution is 7.98. The van der Waals surface area contributed by atoms with Gasteiger partial charge in [0.05, 0.1) is 6.61 Å². The molecule has 0 aliphatic rings. The summed E-state index contributed by atoms with van der Waals surface area (Å²) in [7, 11) is 0. The molecular formula is C11H18N2OS. The maximum Gasteiger partial charge on any atom is 0.0585 e. The van der Waals surface area contributed by atoms with Gasteiger partial charge in [-0.15, -0.1) is 0 Å². The van der Waals surface area contributed by atoms with E-state index < -0.39 is 0 Å². The monoisotopic (exact) mass is 226 g/mol. The molecule has 4 heteroatoms. The van der Waals surface area contributed by atoms with Crippen LogP contribution in [0.25, 0.3) is 0 Å². The second kappa shape index (κ2) is 7.68. The fourth-order valence-electron chi connectivity index (χ4n) is 1.28. The number of nitrogens with one attached hydrogen (secondary N) is 1. The van der Waals surface area contributed by atoms with Crippen LogP contribution >= 0.6 is 11.8 Å². The Morgan fingerprint density at radius 3 is 2.80 bits per heavy atom. The molecule has 0 saturated carbocycles. The average Bonchev–Trinajstić information content (AvgIpc) is 2.31. The number of hydrogen-bond acceptors (Lipinski definition) is 4. The summed E-state index contributed by atoms with van der Waals surface area (Å²) in [5.41, 5.74) is 1.20. The summed E-state index contributed by atoms with van der Waals surface area (Å²) in [5.74, 6) is 1.08. The Balaban J connectivity index is 2.28. The Bertz CT molecular complexity index is 256. The van der Waals surface area contributed by atoms with Crippen molar-refractivity contribution in [2.45, 2.75) is 19.0 Å². The summed E-state index contributed by atoms with van der Waals surface area (Å²) >= 11 is 1.81. The molecule has 0 amide bonds. The Morgan fingerprint density at radius 2 is 2.20 bits per heavy atom. The lowest BCUT2D eigenvalue weighted by Crippen LogP contribution is -2.32. The first kappa shape index (κ1) is 12.5. The van der Waals surface area contributed by atoms with Gasteiger partial charge in [-0.3, -0.25) is 4.98 Å². The zero-order valence-electron chi connectivity index (χ0n) is 9.02. The van der Waals surface area contributed by atoms with Crippen molar-refractivity contribution in [3.05, 3.63) is 30.1 Å². The minimum Gasteiger partial charge on any atom is -0.395 e. The summed E-state index contributed by atoms with van der Waals surface area (Å²) in [6.45, 7) is 0.994. The normalized spacial score (nSPS) is 12.7. The van der Waals surface area contributed by atoms with Crippen LogP contribution in [0.4, 0.5) is 0 Å². The maximum absolute atomic E-state index is 9.15. The van der Waals surface area contributed by atoms with E-state index in [0.717, 1.165) is 18.7 Å². The van der Waals surface area contributed by atoms with Crippen LogP contribution in [0.5, 0.6) is 0 Å². The van der Waals surface area contributed by atoms with Gasteiger partial charge in [0.15, 0.2) is 0 Å². The molecular weight excluding hydrogens is 208 g/mol. The van der Waals surface area contributed by atoms with E-state index in [1.54, 1.807) is 24.2 Å². The third-order valence-electron chi connectivity index (χ3n) is 2.24. The van der Waals surface area contributed by atoms with Crippen LogP contribution in [-0.2, 0) is 6.54 Å². The zero-order valence-corrected chi connectivity index (χ0v) is 9.83. The van der Waals surface area contributed by atoms with Gasteiger partial charge in [-0.2, -0.15) is 11.8 Å². The molecule has 0 aliphatic heterocycles. The highest BCUT2D eigenvalue weighted by Crippen LogP contribution is 2.02. The standard InChI is InChI=1S/C11H18N2OS/c1-15-7-4-11(9-14)13-8-10-2-5-12-6-3-10/h2-3,5-6,11,13-14H,4,7-9H2,1H3. The van der Waals surface area contributed by atoms with Gasteiger partial charge >= 0.3 is 0 Å². The van der Waals surface area contributed by atoms with Gasteiger partial charge in [0.25, 0.3) is 0 Å². The molecule has 15 heavy (non-hydrogen) atoms. The first-order valence-electron chi connectivity index (χ1n) is 5.09. The van der Waals surface area contributed by atoms with Crippen molar-refractivity contribution in [2.75, 3.05) is 18.6 Å². The van der Waals surface area contributed by atoms with Gasteiger partial charge < -0.3 is 10.4 Å². The molecule has 0 spiro atoms. The first-order valence-corrected chi connectivity index (χ1v) is 6.48. The van der Waals surface area contributed by atoms with Crippen LogP contribution in [0, 0.1) is 0 Å². The SMILES string of the molecule is CSCCC(CO)NCc1ccncc1. The van der Waals surface area contributed by atoms with Gasteiger partial charge in [0.1, 0.15) is 0 Å². The van der Waals surface area contributed by atoms with Crippen molar-refractivity contribution in [3.8, 4) is 0 Å². The van der Waals surface area contributed by atoms with E-state index in [-0.39, 0.29) is 12.6 Å². The Morgan fingerprint density at radius 1 is 1.47 bits per heavy atom. The van der Waals surface area contributed by atoms with Gasteiger partial charge in [0.2, 0.25) is 0 Å². The van der Waals surface area contributed by atoms with Crippen LogP contribution in [0.3, 0.4) is 0 Å². The summed E-state index contributed by atoms with van der Waals surface area (Å²) in [5, 5.41) is 12.5. The van der Waals surface area contributed by atoms with E-state index in [0.29, 0.717) is 0 Å². The number of aliphatic hydroxyl groups excluding tert-OH is 1. The molecule has 1 rings (SSSR count). The van der Waals surface area contributed by atoms with Crippen LogP contribution in [0.15, 0.2) is 24.5 Å². The van der Waals surface area contributed by atoms with Crippen LogP contribution in [0.2, 0.25) is 0 Å². The molecule has 1 aromatic heterocycles. The minimum atomic E-state index is 0.200. The zero-order chi connectivity index (χ0) is 10.9. The molecule has 0 radical (unpaired) electrons. The van der Waals surface area contributed by atoms with Crippen molar-refractivity contribution in [1.29, 1.82) is 0 Å². The van der Waals surface area contributed by atoms with Gasteiger partial charge in [-0.25, -0.2) is 0 Å². The molecule has 1 unspecified atom stereocenters. The summed E-state index contributed by atoms with van der Waals surface area (Å²) in [4.78, 5) is 3.96. The second-order valence-electron chi connectivity index (χ2n) is 3.40. The van der Waals surface area contributed by atoms with Crippen LogP contribution in [-0.4, -0.2) is 34.7 Å². The van der Waals surface area contributed by atoms with E-state index in [1.807, 2.05) is 12.1 Å². The summed E-state index contributed by atoms with van der Waals surface area (Å²) < 4.78 is 0. The third kappa shape index (κ3) is 5.16. The maximum atomic E-state index is 9.15. The Kier molecular flexibility index (Phi) is 6.39. The topological polar surface area (TPSA) is 45.1 Å². The molecule has 0 aromatic carbocycles. The molecule has 0 fully saturated rings. The van der Waals surface area contributed by atoms with Crippen molar-refractivity contribution in [1.82, 2.24) is 10.3 Å². The fourth-order valence-corrected chi connectivity index (χ4v) is 1.80. The quantitative estimate of drug-likeness (QED) is 0.735. The number of pyridine rings is 1. The number of nitrogens with zero attached hydrogens (tertiary/aromatic N) is 1. The second-order valence-corrected chi connectivity index (χ2v) is 4.38. The highest BCUT2D eigenvalue weighted by atomic mass is 32.2. The van der Waals surface area contributed by atoms with Gasteiger partial charge in [-0.05, 0) is 36.1 Å². The number of aliphatic hydroxyl groups is 1. The van der Waals surface area contributed by atoms with Gasteiger partial charge in [-0.1, -0.05) is 0 Å². The lowest BCUT2D eigenvalue weighted by molar-refractivity contribution is 0.239. The number of thioether (sulfide) groups is 1. The predicted molar refractivity (Wildman–Crippen MR) is 64.9 cm³/mol. The number of hydrogen-bond donors (Lipinski definition) is 2. The van der Waals surface area contributed by atoms with Crippen molar-refractivity contribution in [2.24, 2.45) is 0 Å². The largest absolute Gasteiger partial charge is 0.395 e. The summed E-state index contributed by atoms with van der Waals surface area (Å²) in [6, 6.07) is 4.16. The molecule has 0 aliphatic carbocycles. The molecule has 2 N–H and O–H groups in total. The molecule has 0 saturated heterocycles. The van der Waals surface area contributed by atoms with Crippen molar-refractivity contribution < 1.29 is 5.11 Å². The van der Waals surface area contributed by atoms with Crippen LogP contribution < -0.4 is 5.32 Å². The van der Waals surface area contributed by atoms with E-state index in [2.05, 4.69) is 16.6 Å². The molecule has 3 nitrogen and oxygen atoms in total. The minimum absolute atomic E-state index is 0.200. The van der Waals surface area contributed by atoms with E-state index >= 15 is 0 Å². The van der Waals surface area contributed by atoms with Crippen LogP contribution in [0.1, 0.15) is 12.0 Å². The Hall–Kier alpha value is -0.580. The van der Waals surface area contributed by atoms with Gasteiger partial charge in [0, 0.05) is 25.0 Å². The lowest BCUT2D eigenvalue weighted by Gasteiger charge is -2.15. The lowest BCUT2D eigenvalue weighted by atomic mass is 10.2. The highest BCUT2D eigenvalue weighted by Gasteiger charge is 2.05. The molecule has 1 atom stereocenters. The molecule has 84 valence electrons.